The molecule has 29 heavy (non-hydrogen) atoms. The van der Waals surface area contributed by atoms with Crippen LogP contribution in [0, 0.1) is 12.3 Å². The van der Waals surface area contributed by atoms with Gasteiger partial charge in [-0.25, -0.2) is 9.18 Å². The average Bonchev–Trinajstić information content (AvgIpc) is 2.66. The molecule has 1 aromatic carbocycles. The number of nitrogens with zero attached hydrogens (tertiary/aromatic N) is 1. The van der Waals surface area contributed by atoms with Crippen molar-refractivity contribution in [2.24, 2.45) is 0 Å². The fraction of sp³-hybridized carbons (Fsp3) is 0.524. The van der Waals surface area contributed by atoms with Gasteiger partial charge in [-0.2, -0.15) is 0 Å². The van der Waals surface area contributed by atoms with Gasteiger partial charge in [-0.05, 0) is 45.4 Å². The number of amides is 2. The van der Waals surface area contributed by atoms with E-state index < -0.39 is 29.8 Å². The predicted molar refractivity (Wildman–Crippen MR) is 109 cm³/mol. The van der Waals surface area contributed by atoms with Gasteiger partial charge in [0.2, 0.25) is 0 Å². The standard InChI is InChI=1S/C21H28FN3O4/c1-6-10-23-17-8-7-14(12-18(17)28-5)19(26)24-16-9-11-25(13-15(16)22)20(27)29-21(2,3)4/h1,7-8,12,15-16,23H,9-11,13H2,2-5H3,(H,24,26). The molecule has 1 heterocycles. The summed E-state index contributed by atoms with van der Waals surface area (Å²) in [5, 5.41) is 5.70. The van der Waals surface area contributed by atoms with Crippen molar-refractivity contribution < 1.29 is 23.5 Å². The van der Waals surface area contributed by atoms with Gasteiger partial charge in [-0.15, -0.1) is 6.42 Å². The highest BCUT2D eigenvalue weighted by Gasteiger charge is 2.34. The fourth-order valence-electron chi connectivity index (χ4n) is 2.94. The number of likely N-dealkylation sites (tertiary alicyclic amines) is 1. The number of alkyl halides is 1. The largest absolute Gasteiger partial charge is 0.495 e. The van der Waals surface area contributed by atoms with Gasteiger partial charge in [-0.3, -0.25) is 4.79 Å². The van der Waals surface area contributed by atoms with E-state index in [2.05, 4.69) is 16.6 Å². The molecule has 7 nitrogen and oxygen atoms in total. The minimum atomic E-state index is -1.39. The van der Waals surface area contributed by atoms with Crippen LogP contribution in [0.25, 0.3) is 0 Å². The maximum Gasteiger partial charge on any atom is 0.410 e. The average molecular weight is 405 g/mol. The number of ether oxygens (including phenoxy) is 2. The van der Waals surface area contributed by atoms with Crippen LogP contribution in [0.5, 0.6) is 5.75 Å². The van der Waals surface area contributed by atoms with Gasteiger partial charge in [-0.1, -0.05) is 5.92 Å². The Balaban J connectivity index is 1.98. The Morgan fingerprint density at radius 3 is 2.69 bits per heavy atom. The molecule has 1 aliphatic heterocycles. The summed E-state index contributed by atoms with van der Waals surface area (Å²) in [5.74, 6) is 2.51. The molecule has 0 aromatic heterocycles. The lowest BCUT2D eigenvalue weighted by atomic mass is 10.0. The van der Waals surface area contributed by atoms with E-state index in [9.17, 15) is 14.0 Å². The molecule has 0 spiro atoms. The van der Waals surface area contributed by atoms with E-state index in [-0.39, 0.29) is 6.54 Å². The Hall–Kier alpha value is -2.95. The second kappa shape index (κ2) is 9.50. The van der Waals surface area contributed by atoms with Crippen molar-refractivity contribution >= 4 is 17.7 Å². The van der Waals surface area contributed by atoms with Crippen molar-refractivity contribution in [2.45, 2.75) is 45.0 Å². The number of methoxy groups -OCH3 is 1. The minimum absolute atomic E-state index is 0.127. The van der Waals surface area contributed by atoms with E-state index in [0.29, 0.717) is 36.5 Å². The van der Waals surface area contributed by atoms with Crippen LogP contribution in [-0.2, 0) is 4.74 Å². The molecule has 0 radical (unpaired) electrons. The summed E-state index contributed by atoms with van der Waals surface area (Å²) in [6, 6.07) is 4.17. The number of hydrogen-bond acceptors (Lipinski definition) is 5. The van der Waals surface area contributed by atoms with Gasteiger partial charge >= 0.3 is 6.09 Å². The summed E-state index contributed by atoms with van der Waals surface area (Å²) in [6.45, 7) is 5.77. The third-order valence-electron chi connectivity index (χ3n) is 4.35. The maximum atomic E-state index is 14.6. The molecule has 2 amide bonds. The predicted octanol–water partition coefficient (Wildman–Crippen LogP) is 2.82. The third kappa shape index (κ3) is 6.28. The SMILES string of the molecule is C#CCNc1ccc(C(=O)NC2CCN(C(=O)OC(C)(C)C)CC2F)cc1OC. The van der Waals surface area contributed by atoms with Crippen LogP contribution in [0.15, 0.2) is 18.2 Å². The first-order valence-electron chi connectivity index (χ1n) is 9.43. The molecule has 8 heteroatoms. The molecular formula is C21H28FN3O4. The van der Waals surface area contributed by atoms with Crippen LogP contribution >= 0.6 is 0 Å². The Morgan fingerprint density at radius 1 is 1.38 bits per heavy atom. The Bertz CT molecular complexity index is 785. The van der Waals surface area contributed by atoms with Gasteiger partial charge in [0.15, 0.2) is 0 Å². The number of anilines is 1. The highest BCUT2D eigenvalue weighted by atomic mass is 19.1. The molecular weight excluding hydrogens is 377 g/mol. The first-order valence-corrected chi connectivity index (χ1v) is 9.43. The number of terminal acetylenes is 1. The fourth-order valence-corrected chi connectivity index (χ4v) is 2.94. The molecule has 2 atom stereocenters. The number of nitrogens with one attached hydrogen (secondary N) is 2. The molecule has 158 valence electrons. The van der Waals surface area contributed by atoms with Crippen LogP contribution in [0.2, 0.25) is 0 Å². The molecule has 0 saturated carbocycles. The summed E-state index contributed by atoms with van der Waals surface area (Å²) in [4.78, 5) is 26.0. The highest BCUT2D eigenvalue weighted by Crippen LogP contribution is 2.26. The number of carbonyl (C=O) groups is 2. The minimum Gasteiger partial charge on any atom is -0.495 e. The Kier molecular flexibility index (Phi) is 7.32. The maximum absolute atomic E-state index is 14.6. The topological polar surface area (TPSA) is 79.9 Å². The number of carbonyl (C=O) groups excluding carboxylic acids is 2. The smallest absolute Gasteiger partial charge is 0.410 e. The second-order valence-corrected chi connectivity index (χ2v) is 7.78. The number of piperidine rings is 1. The van der Waals surface area contributed by atoms with Crippen molar-refractivity contribution in [1.82, 2.24) is 10.2 Å². The zero-order chi connectivity index (χ0) is 21.6. The zero-order valence-corrected chi connectivity index (χ0v) is 17.3. The zero-order valence-electron chi connectivity index (χ0n) is 17.3. The number of hydrogen-bond donors (Lipinski definition) is 2. The lowest BCUT2D eigenvalue weighted by Crippen LogP contribution is -2.54. The summed E-state index contributed by atoms with van der Waals surface area (Å²) in [7, 11) is 1.49. The van der Waals surface area contributed by atoms with E-state index in [1.165, 1.54) is 12.0 Å². The number of rotatable bonds is 5. The van der Waals surface area contributed by atoms with Gasteiger partial charge < -0.3 is 25.0 Å². The van der Waals surface area contributed by atoms with E-state index in [1.54, 1.807) is 39.0 Å². The van der Waals surface area contributed by atoms with Gasteiger partial charge in [0.25, 0.3) is 5.91 Å². The normalized spacial score (nSPS) is 19.1. The first kappa shape index (κ1) is 22.3. The van der Waals surface area contributed by atoms with Gasteiger partial charge in [0.05, 0.1) is 31.9 Å². The van der Waals surface area contributed by atoms with E-state index in [4.69, 9.17) is 15.9 Å². The quantitative estimate of drug-likeness (QED) is 0.737. The lowest BCUT2D eigenvalue weighted by molar-refractivity contribution is 0.00972. The molecule has 2 rings (SSSR count). The van der Waals surface area contributed by atoms with Gasteiger partial charge in [0, 0.05) is 12.1 Å². The molecule has 1 aliphatic rings. The molecule has 0 aliphatic carbocycles. The third-order valence-corrected chi connectivity index (χ3v) is 4.35. The van der Waals surface area contributed by atoms with Crippen LogP contribution in [-0.4, -0.2) is 61.5 Å². The first-order chi connectivity index (χ1) is 13.6. The summed E-state index contributed by atoms with van der Waals surface area (Å²) in [5.41, 5.74) is 0.361. The molecule has 1 saturated heterocycles. The molecule has 2 unspecified atom stereocenters. The number of halogens is 1. The number of benzene rings is 1. The second-order valence-electron chi connectivity index (χ2n) is 7.78. The van der Waals surface area contributed by atoms with Gasteiger partial charge in [0.1, 0.15) is 17.5 Å². The van der Waals surface area contributed by atoms with Crippen molar-refractivity contribution in [1.29, 1.82) is 0 Å². The van der Waals surface area contributed by atoms with E-state index >= 15 is 0 Å². The van der Waals surface area contributed by atoms with Crippen LogP contribution in [0.1, 0.15) is 37.6 Å². The van der Waals surface area contributed by atoms with Crippen molar-refractivity contribution in [3.8, 4) is 18.1 Å². The Morgan fingerprint density at radius 2 is 2.10 bits per heavy atom. The summed E-state index contributed by atoms with van der Waals surface area (Å²) in [6.07, 6.45) is 3.59. The van der Waals surface area contributed by atoms with Crippen molar-refractivity contribution in [3.05, 3.63) is 23.8 Å². The summed E-state index contributed by atoms with van der Waals surface area (Å²) < 4.78 is 25.2. The van der Waals surface area contributed by atoms with Crippen LogP contribution in [0.3, 0.4) is 0 Å². The molecule has 2 N–H and O–H groups in total. The van der Waals surface area contributed by atoms with Crippen LogP contribution < -0.4 is 15.4 Å². The summed E-state index contributed by atoms with van der Waals surface area (Å²) >= 11 is 0. The molecule has 0 bridgehead atoms. The van der Waals surface area contributed by atoms with E-state index in [1.807, 2.05) is 0 Å². The molecule has 1 aromatic rings. The monoisotopic (exact) mass is 405 g/mol. The van der Waals surface area contributed by atoms with E-state index in [0.717, 1.165) is 0 Å². The van der Waals surface area contributed by atoms with Crippen molar-refractivity contribution in [3.63, 3.8) is 0 Å². The van der Waals surface area contributed by atoms with Crippen LogP contribution in [0.4, 0.5) is 14.9 Å². The Labute approximate surface area is 170 Å². The molecule has 1 fully saturated rings. The lowest BCUT2D eigenvalue weighted by Gasteiger charge is -2.35. The highest BCUT2D eigenvalue weighted by molar-refractivity contribution is 5.95. The van der Waals surface area contributed by atoms with Crippen molar-refractivity contribution in [2.75, 3.05) is 32.1 Å².